The first kappa shape index (κ1) is 19.8. The first-order valence-corrected chi connectivity index (χ1v) is 7.29. The summed E-state index contributed by atoms with van der Waals surface area (Å²) < 4.78 is 29.7. The van der Waals surface area contributed by atoms with Gasteiger partial charge in [0.25, 0.3) is 10.1 Å². The second-order valence-electron chi connectivity index (χ2n) is 3.86. The van der Waals surface area contributed by atoms with Crippen LogP contribution in [-0.4, -0.2) is 13.0 Å². The third kappa shape index (κ3) is 7.41. The molecule has 0 aromatic heterocycles. The van der Waals surface area contributed by atoms with Crippen molar-refractivity contribution in [2.45, 2.75) is 4.90 Å². The van der Waals surface area contributed by atoms with Gasteiger partial charge in [0.05, 0.1) is 4.90 Å². The molecular weight excluding hydrogens is 295 g/mol. The van der Waals surface area contributed by atoms with Crippen molar-refractivity contribution in [2.24, 2.45) is 0 Å². The number of rotatable bonds is 3. The van der Waals surface area contributed by atoms with E-state index in [1.807, 2.05) is 36.4 Å². The van der Waals surface area contributed by atoms with E-state index in [0.717, 1.165) is 5.56 Å². The quantitative estimate of drug-likeness (QED) is 0.680. The number of hydrogen-bond acceptors (Lipinski definition) is 2. The molecule has 1 N–H and O–H groups in total. The van der Waals surface area contributed by atoms with E-state index in [0.29, 0.717) is 0 Å². The van der Waals surface area contributed by atoms with Gasteiger partial charge in [-0.3, -0.25) is 4.55 Å². The fraction of sp³-hybridized carbons (Fsp3) is 0. The van der Waals surface area contributed by atoms with Crippen molar-refractivity contribution in [3.8, 4) is 0 Å². The van der Waals surface area contributed by atoms with Crippen LogP contribution in [0.5, 0.6) is 0 Å². The fourth-order valence-electron chi connectivity index (χ4n) is 1.37. The molecule has 0 unspecified atom stereocenters. The summed E-state index contributed by atoms with van der Waals surface area (Å²) in [7, 11) is -4.06. The van der Waals surface area contributed by atoms with Gasteiger partial charge in [0.1, 0.15) is 0 Å². The van der Waals surface area contributed by atoms with Gasteiger partial charge >= 0.3 is 29.6 Å². The van der Waals surface area contributed by atoms with Crippen LogP contribution in [0.4, 0.5) is 0 Å². The Bertz CT molecular complexity index is 668. The van der Waals surface area contributed by atoms with Crippen molar-refractivity contribution in [3.63, 3.8) is 0 Å². The molecular formula is C16H17NaO3S. The molecule has 21 heavy (non-hydrogen) atoms. The predicted octanol–water partition coefficient (Wildman–Crippen LogP) is 1.02. The summed E-state index contributed by atoms with van der Waals surface area (Å²) in [6.45, 7) is 7.14. The second kappa shape index (κ2) is 9.71. The monoisotopic (exact) mass is 312 g/mol. The Hall–Kier alpha value is -1.17. The minimum absolute atomic E-state index is 0. The Morgan fingerprint density at radius 2 is 1.29 bits per heavy atom. The molecule has 2 rings (SSSR count). The zero-order valence-corrected chi connectivity index (χ0v) is 14.8. The first-order chi connectivity index (χ1) is 9.47. The van der Waals surface area contributed by atoms with Crippen molar-refractivity contribution >= 4 is 22.3 Å². The molecule has 0 saturated heterocycles. The molecule has 0 spiro atoms. The molecule has 106 valence electrons. The molecule has 0 saturated carbocycles. The summed E-state index contributed by atoms with van der Waals surface area (Å²) in [6, 6.07) is 15.8. The van der Waals surface area contributed by atoms with E-state index >= 15 is 0 Å². The van der Waals surface area contributed by atoms with Gasteiger partial charge in [-0.2, -0.15) is 8.42 Å². The largest absolute Gasteiger partial charge is 1.00 e. The van der Waals surface area contributed by atoms with Crippen LogP contribution in [0.25, 0.3) is 12.2 Å². The molecule has 5 heteroatoms. The molecule has 0 aliphatic rings. The first-order valence-electron chi connectivity index (χ1n) is 5.85. The Morgan fingerprint density at radius 1 is 0.857 bits per heavy atom. The van der Waals surface area contributed by atoms with Gasteiger partial charge in [-0.05, 0) is 23.3 Å². The maximum atomic E-state index is 10.6. The van der Waals surface area contributed by atoms with E-state index in [-0.39, 0.29) is 35.9 Å². The van der Waals surface area contributed by atoms with E-state index in [1.54, 1.807) is 18.2 Å². The summed E-state index contributed by atoms with van der Waals surface area (Å²) in [5.41, 5.74) is 1.98. The van der Waals surface area contributed by atoms with E-state index in [1.165, 1.54) is 17.7 Å². The molecule has 0 bridgehead atoms. The average Bonchev–Trinajstić information content (AvgIpc) is 2.48. The summed E-state index contributed by atoms with van der Waals surface area (Å²) in [5.74, 6) is 0. The van der Waals surface area contributed by atoms with Gasteiger partial charge in [0, 0.05) is 0 Å². The molecule has 0 aliphatic heterocycles. The van der Waals surface area contributed by atoms with E-state index in [2.05, 4.69) is 13.2 Å². The Balaban J connectivity index is 0. The maximum Gasteiger partial charge on any atom is 1.00 e. The predicted molar refractivity (Wildman–Crippen MR) is 84.0 cm³/mol. The smallest absolute Gasteiger partial charge is 1.00 e. The van der Waals surface area contributed by atoms with Gasteiger partial charge < -0.3 is 1.43 Å². The van der Waals surface area contributed by atoms with Gasteiger partial charge in [-0.25, -0.2) is 0 Å². The molecule has 0 fully saturated rings. The van der Waals surface area contributed by atoms with Gasteiger partial charge in [0.2, 0.25) is 0 Å². The van der Waals surface area contributed by atoms with Crippen LogP contribution in [0.2, 0.25) is 0 Å². The number of hydrogen-bond donors (Lipinski definition) is 1. The maximum absolute atomic E-state index is 10.6. The van der Waals surface area contributed by atoms with Crippen LogP contribution in [0.1, 0.15) is 12.6 Å². The van der Waals surface area contributed by atoms with Gasteiger partial charge in [0.15, 0.2) is 0 Å². The van der Waals surface area contributed by atoms with Crippen LogP contribution < -0.4 is 29.6 Å². The topological polar surface area (TPSA) is 54.4 Å². The zero-order chi connectivity index (χ0) is 15.0. The Kier molecular flexibility index (Phi) is 9.17. The van der Waals surface area contributed by atoms with Crippen molar-refractivity contribution in [3.05, 3.63) is 78.9 Å². The summed E-state index contributed by atoms with van der Waals surface area (Å²) >= 11 is 0. The minimum atomic E-state index is -4.06. The Morgan fingerprint density at radius 3 is 1.62 bits per heavy atom. The fourth-order valence-corrected chi connectivity index (χ4v) is 1.85. The minimum Gasteiger partial charge on any atom is -1.00 e. The number of benzene rings is 2. The average molecular weight is 312 g/mol. The SMILES string of the molecule is C=Cc1ccc(S(=O)(=O)O)cc1.C=Cc1ccccc1.[H-].[Na+]. The normalized spacial score (nSPS) is 9.57. The van der Waals surface area contributed by atoms with Gasteiger partial charge in [-0.1, -0.05) is 67.8 Å². The van der Waals surface area contributed by atoms with Crippen LogP contribution in [0.3, 0.4) is 0 Å². The summed E-state index contributed by atoms with van der Waals surface area (Å²) in [6.07, 6.45) is 3.42. The van der Waals surface area contributed by atoms with Crippen molar-refractivity contribution < 1.29 is 44.0 Å². The van der Waals surface area contributed by atoms with Crippen LogP contribution in [-0.2, 0) is 10.1 Å². The molecule has 0 amide bonds. The van der Waals surface area contributed by atoms with Crippen LogP contribution >= 0.6 is 0 Å². The molecule has 2 aromatic rings. The second-order valence-corrected chi connectivity index (χ2v) is 5.28. The summed E-state index contributed by atoms with van der Waals surface area (Å²) in [5, 5.41) is 0. The molecule has 0 radical (unpaired) electrons. The third-order valence-corrected chi connectivity index (χ3v) is 3.32. The standard InChI is InChI=1S/C8H8O3S.C8H8.Na.H/c1-2-7-3-5-8(6-4-7)12(9,10)11;1-2-8-6-4-3-5-7-8;;/h2-6H,1H2,(H,9,10,11);2-7H,1H2;;/q;;+1;-1. The molecule has 0 aliphatic carbocycles. The van der Waals surface area contributed by atoms with Crippen LogP contribution in [0, 0.1) is 0 Å². The van der Waals surface area contributed by atoms with E-state index < -0.39 is 10.1 Å². The Labute approximate surface area is 149 Å². The van der Waals surface area contributed by atoms with Crippen LogP contribution in [0.15, 0.2) is 72.7 Å². The van der Waals surface area contributed by atoms with E-state index in [9.17, 15) is 8.42 Å². The molecule has 0 heterocycles. The molecule has 3 nitrogen and oxygen atoms in total. The molecule has 0 atom stereocenters. The van der Waals surface area contributed by atoms with E-state index in [4.69, 9.17) is 4.55 Å². The van der Waals surface area contributed by atoms with Crippen molar-refractivity contribution in [1.29, 1.82) is 0 Å². The third-order valence-electron chi connectivity index (χ3n) is 2.45. The zero-order valence-electron chi connectivity index (χ0n) is 12.9. The molecule has 2 aromatic carbocycles. The van der Waals surface area contributed by atoms with Crippen molar-refractivity contribution in [2.75, 3.05) is 0 Å². The van der Waals surface area contributed by atoms with Crippen molar-refractivity contribution in [1.82, 2.24) is 0 Å². The van der Waals surface area contributed by atoms with Gasteiger partial charge in [-0.15, -0.1) is 0 Å². The summed E-state index contributed by atoms with van der Waals surface area (Å²) in [4.78, 5) is -0.104.